The van der Waals surface area contributed by atoms with Crippen molar-refractivity contribution in [1.29, 1.82) is 0 Å². The minimum Gasteiger partial charge on any atom is -0.495 e. The van der Waals surface area contributed by atoms with Crippen molar-refractivity contribution < 1.29 is 24.2 Å². The van der Waals surface area contributed by atoms with Crippen molar-refractivity contribution in [2.75, 3.05) is 17.3 Å². The summed E-state index contributed by atoms with van der Waals surface area (Å²) in [6.07, 6.45) is -0.0313. The monoisotopic (exact) mass is 354 g/mol. The van der Waals surface area contributed by atoms with Crippen molar-refractivity contribution in [3.8, 4) is 5.75 Å². The minimum atomic E-state index is -0.908. The second kappa shape index (κ2) is 7.26. The van der Waals surface area contributed by atoms with Crippen LogP contribution < -0.4 is 15.0 Å². The van der Waals surface area contributed by atoms with Gasteiger partial charge in [-0.1, -0.05) is 24.3 Å². The third kappa shape index (κ3) is 3.51. The van der Waals surface area contributed by atoms with E-state index in [0.717, 1.165) is 4.90 Å². The predicted molar refractivity (Wildman–Crippen MR) is 95.3 cm³/mol. The molecule has 0 aliphatic carbocycles. The molecule has 1 heterocycles. The number of para-hydroxylation sites is 2. The number of carboxylic acid groups (broad SMARTS) is 1. The minimum absolute atomic E-state index is 0.0355. The van der Waals surface area contributed by atoms with E-state index in [-0.39, 0.29) is 24.7 Å². The first kappa shape index (κ1) is 17.5. The van der Waals surface area contributed by atoms with Gasteiger partial charge in [0.15, 0.2) is 0 Å². The number of methoxy groups -OCH3 is 1. The number of nitrogens with zero attached hydrogens (tertiary/aromatic N) is 1. The average molecular weight is 354 g/mol. The second-order valence-corrected chi connectivity index (χ2v) is 5.91. The van der Waals surface area contributed by atoms with Gasteiger partial charge in [0.05, 0.1) is 25.6 Å². The Balaban J connectivity index is 1.76. The Kier molecular flexibility index (Phi) is 4.88. The molecule has 1 fully saturated rings. The molecule has 0 spiro atoms. The van der Waals surface area contributed by atoms with E-state index >= 15 is 0 Å². The van der Waals surface area contributed by atoms with Crippen molar-refractivity contribution in [3.05, 3.63) is 54.1 Å². The largest absolute Gasteiger partial charge is 0.495 e. The topological polar surface area (TPSA) is 95.9 Å². The Labute approximate surface area is 150 Å². The molecular formula is C19H18N2O5. The molecule has 3 rings (SSSR count). The summed E-state index contributed by atoms with van der Waals surface area (Å²) < 4.78 is 5.24. The molecule has 2 aromatic carbocycles. The lowest BCUT2D eigenvalue weighted by molar-refractivity contribution is -0.136. The third-order valence-corrected chi connectivity index (χ3v) is 4.12. The van der Waals surface area contributed by atoms with E-state index in [1.807, 2.05) is 0 Å². The molecule has 7 nitrogen and oxygen atoms in total. The molecule has 1 saturated heterocycles. The van der Waals surface area contributed by atoms with Gasteiger partial charge in [0, 0.05) is 5.69 Å². The molecule has 0 saturated carbocycles. The van der Waals surface area contributed by atoms with Gasteiger partial charge >= 0.3 is 5.97 Å². The highest BCUT2D eigenvalue weighted by atomic mass is 16.5. The molecule has 1 aliphatic rings. The Hall–Kier alpha value is -3.35. The molecule has 0 unspecified atom stereocenters. The molecule has 134 valence electrons. The van der Waals surface area contributed by atoms with Crippen molar-refractivity contribution >= 4 is 29.2 Å². The quantitative estimate of drug-likeness (QED) is 0.771. The van der Waals surface area contributed by atoms with Gasteiger partial charge in [-0.3, -0.25) is 14.4 Å². The van der Waals surface area contributed by atoms with Crippen LogP contribution in [0.1, 0.15) is 12.0 Å². The van der Waals surface area contributed by atoms with Gasteiger partial charge in [-0.25, -0.2) is 4.90 Å². The molecule has 2 amide bonds. The highest BCUT2D eigenvalue weighted by Crippen LogP contribution is 2.32. The fraction of sp³-hybridized carbons (Fsp3) is 0.211. The normalized spacial score (nSPS) is 16.7. The van der Waals surface area contributed by atoms with Crippen LogP contribution in [0.4, 0.5) is 11.4 Å². The first-order chi connectivity index (χ1) is 12.5. The van der Waals surface area contributed by atoms with Crippen molar-refractivity contribution in [2.45, 2.75) is 18.9 Å². The standard InChI is InChI=1S/C19H18N2O5/c1-26-16-5-3-2-4-15(16)21-17(22)11-14(19(21)25)20-13-8-6-12(7-9-13)10-18(23)24/h2-9,14,20H,10-11H2,1H3,(H,23,24)/t14-/m0/s1. The number of hydrogen-bond acceptors (Lipinski definition) is 5. The van der Waals surface area contributed by atoms with Gasteiger partial charge in [0.25, 0.3) is 5.91 Å². The second-order valence-electron chi connectivity index (χ2n) is 5.91. The summed E-state index contributed by atoms with van der Waals surface area (Å²) >= 11 is 0. The van der Waals surface area contributed by atoms with E-state index < -0.39 is 12.0 Å². The Bertz CT molecular complexity index is 847. The number of rotatable bonds is 6. The number of hydrogen-bond donors (Lipinski definition) is 2. The number of ether oxygens (including phenoxy) is 1. The molecule has 0 bridgehead atoms. The number of imide groups is 1. The Morgan fingerprint density at radius 3 is 2.54 bits per heavy atom. The lowest BCUT2D eigenvalue weighted by Crippen LogP contribution is -2.35. The summed E-state index contributed by atoms with van der Waals surface area (Å²) in [5, 5.41) is 11.8. The van der Waals surface area contributed by atoms with Crippen LogP contribution in [0.3, 0.4) is 0 Å². The zero-order valence-electron chi connectivity index (χ0n) is 14.1. The lowest BCUT2D eigenvalue weighted by Gasteiger charge is -2.18. The van der Waals surface area contributed by atoms with Gasteiger partial charge < -0.3 is 15.2 Å². The van der Waals surface area contributed by atoms with Crippen LogP contribution in [-0.2, 0) is 20.8 Å². The van der Waals surface area contributed by atoms with E-state index in [2.05, 4.69) is 5.32 Å². The van der Waals surface area contributed by atoms with Crippen LogP contribution in [0, 0.1) is 0 Å². The van der Waals surface area contributed by atoms with Gasteiger partial charge in [-0.15, -0.1) is 0 Å². The van der Waals surface area contributed by atoms with Gasteiger partial charge in [0.1, 0.15) is 11.8 Å². The fourth-order valence-electron chi connectivity index (χ4n) is 2.91. The summed E-state index contributed by atoms with van der Waals surface area (Å²) in [5.41, 5.74) is 1.73. The van der Waals surface area contributed by atoms with Gasteiger partial charge in [-0.2, -0.15) is 0 Å². The van der Waals surface area contributed by atoms with Crippen LogP contribution in [-0.4, -0.2) is 36.0 Å². The maximum atomic E-state index is 12.7. The number of aliphatic carboxylic acids is 1. The van der Waals surface area contributed by atoms with E-state index in [1.165, 1.54) is 7.11 Å². The van der Waals surface area contributed by atoms with Crippen molar-refractivity contribution in [1.82, 2.24) is 0 Å². The first-order valence-corrected chi connectivity index (χ1v) is 8.06. The average Bonchev–Trinajstić information content (AvgIpc) is 2.89. The number of carboxylic acids is 1. The molecule has 1 aliphatic heterocycles. The van der Waals surface area contributed by atoms with Crippen molar-refractivity contribution in [2.24, 2.45) is 0 Å². The molecule has 1 atom stereocenters. The van der Waals surface area contributed by atoms with Crippen LogP contribution in [0.15, 0.2) is 48.5 Å². The zero-order chi connectivity index (χ0) is 18.7. The summed E-state index contributed by atoms with van der Waals surface area (Å²) in [6.45, 7) is 0. The molecule has 2 N–H and O–H groups in total. The van der Waals surface area contributed by atoms with E-state index in [0.29, 0.717) is 22.7 Å². The number of nitrogens with one attached hydrogen (secondary N) is 1. The molecular weight excluding hydrogens is 336 g/mol. The smallest absolute Gasteiger partial charge is 0.307 e. The van der Waals surface area contributed by atoms with Gasteiger partial charge in [-0.05, 0) is 29.8 Å². The maximum Gasteiger partial charge on any atom is 0.307 e. The van der Waals surface area contributed by atoms with E-state index in [4.69, 9.17) is 9.84 Å². The summed E-state index contributed by atoms with van der Waals surface area (Å²) in [7, 11) is 1.48. The predicted octanol–water partition coefficient (Wildman–Crippen LogP) is 2.07. The number of amides is 2. The fourth-order valence-corrected chi connectivity index (χ4v) is 2.91. The van der Waals surface area contributed by atoms with Gasteiger partial charge in [0.2, 0.25) is 5.91 Å². The molecule has 0 radical (unpaired) electrons. The van der Waals surface area contributed by atoms with Crippen LogP contribution in [0.25, 0.3) is 0 Å². The van der Waals surface area contributed by atoms with Crippen LogP contribution in [0.5, 0.6) is 5.75 Å². The number of carbonyl (C=O) groups excluding carboxylic acids is 2. The summed E-state index contributed by atoms with van der Waals surface area (Å²) in [4.78, 5) is 36.9. The highest BCUT2D eigenvalue weighted by molar-refractivity contribution is 6.23. The molecule has 26 heavy (non-hydrogen) atoms. The number of benzene rings is 2. The lowest BCUT2D eigenvalue weighted by atomic mass is 10.1. The molecule has 2 aromatic rings. The van der Waals surface area contributed by atoms with E-state index in [9.17, 15) is 14.4 Å². The molecule has 0 aromatic heterocycles. The number of anilines is 2. The Morgan fingerprint density at radius 2 is 1.88 bits per heavy atom. The zero-order valence-corrected chi connectivity index (χ0v) is 14.1. The Morgan fingerprint density at radius 1 is 1.19 bits per heavy atom. The number of carbonyl (C=O) groups is 3. The third-order valence-electron chi connectivity index (χ3n) is 4.12. The van der Waals surface area contributed by atoms with Crippen LogP contribution >= 0.6 is 0 Å². The summed E-state index contributed by atoms with van der Waals surface area (Å²) in [5.74, 6) is -1.11. The van der Waals surface area contributed by atoms with Crippen LogP contribution in [0.2, 0.25) is 0 Å². The van der Waals surface area contributed by atoms with Crippen molar-refractivity contribution in [3.63, 3.8) is 0 Å². The van der Waals surface area contributed by atoms with E-state index in [1.54, 1.807) is 48.5 Å². The highest BCUT2D eigenvalue weighted by Gasteiger charge is 2.40. The SMILES string of the molecule is COc1ccccc1N1C(=O)C[C@H](Nc2ccc(CC(=O)O)cc2)C1=O. The summed E-state index contributed by atoms with van der Waals surface area (Å²) in [6, 6.07) is 12.9. The maximum absolute atomic E-state index is 12.7. The molecule has 7 heteroatoms. The first-order valence-electron chi connectivity index (χ1n) is 8.06.